The van der Waals surface area contributed by atoms with Crippen LogP contribution in [0.2, 0.25) is 0 Å². The first-order valence-corrected chi connectivity index (χ1v) is 12.7. The Kier molecular flexibility index (Phi) is 8.15. The molecule has 2 aliphatic heterocycles. The second-order valence-corrected chi connectivity index (χ2v) is 9.68. The molecule has 1 aliphatic carbocycles. The van der Waals surface area contributed by atoms with Gasteiger partial charge in [0.15, 0.2) is 0 Å². The van der Waals surface area contributed by atoms with Crippen LogP contribution in [0.4, 0.5) is 23.7 Å². The van der Waals surface area contributed by atoms with Crippen molar-refractivity contribution in [2.45, 2.75) is 91.6 Å². The van der Waals surface area contributed by atoms with Crippen LogP contribution in [0.5, 0.6) is 0 Å². The molecule has 2 unspecified atom stereocenters. The molecule has 2 amide bonds. The molecule has 2 heterocycles. The van der Waals surface area contributed by atoms with Crippen LogP contribution < -0.4 is 10.4 Å². The number of amides is 2. The molecule has 0 radical (unpaired) electrons. The Morgan fingerprint density at radius 2 is 1.50 bits per heavy atom. The van der Waals surface area contributed by atoms with Gasteiger partial charge in [0, 0.05) is 16.7 Å². The molecule has 3 aliphatic rings. The van der Waals surface area contributed by atoms with E-state index < -0.39 is 35.8 Å². The SMILES string of the molecule is CC.CC.CC1(C)OB(c2ccc(N3C(=O)N(Cc4cc(F)ccc4F)C4CC43)cc2F)OC1(C)C. The van der Waals surface area contributed by atoms with Crippen LogP contribution in [0.3, 0.4) is 0 Å². The van der Waals surface area contributed by atoms with Crippen LogP contribution in [0.15, 0.2) is 36.4 Å². The molecule has 0 bridgehead atoms. The Balaban J connectivity index is 0.000000861. The minimum absolute atomic E-state index is 0.0332. The van der Waals surface area contributed by atoms with E-state index in [0.717, 1.165) is 18.2 Å². The Labute approximate surface area is 212 Å². The third-order valence-electron chi connectivity index (χ3n) is 7.03. The van der Waals surface area contributed by atoms with Gasteiger partial charge in [0.25, 0.3) is 0 Å². The molecule has 2 aromatic carbocycles. The number of anilines is 1. The summed E-state index contributed by atoms with van der Waals surface area (Å²) in [6, 6.07) is 7.19. The molecule has 5 rings (SSSR count). The first-order valence-electron chi connectivity index (χ1n) is 12.7. The van der Waals surface area contributed by atoms with E-state index in [1.165, 1.54) is 15.9 Å². The fourth-order valence-corrected chi connectivity index (χ4v) is 4.37. The summed E-state index contributed by atoms with van der Waals surface area (Å²) in [6.45, 7) is 15.5. The maximum Gasteiger partial charge on any atom is 0.497 e. The maximum absolute atomic E-state index is 15.1. The van der Waals surface area contributed by atoms with Gasteiger partial charge in [-0.05, 0) is 64.4 Å². The predicted molar refractivity (Wildman–Crippen MR) is 137 cm³/mol. The zero-order valence-corrected chi connectivity index (χ0v) is 22.4. The van der Waals surface area contributed by atoms with Crippen molar-refractivity contribution >= 4 is 24.3 Å². The Hall–Kier alpha value is -2.52. The molecule has 9 heteroatoms. The lowest BCUT2D eigenvalue weighted by Gasteiger charge is -2.32. The van der Waals surface area contributed by atoms with Crippen LogP contribution in [-0.2, 0) is 15.9 Å². The molecular weight excluding hydrogens is 468 g/mol. The molecule has 0 N–H and O–H groups in total. The van der Waals surface area contributed by atoms with Gasteiger partial charge in [0.2, 0.25) is 0 Å². The van der Waals surface area contributed by atoms with Gasteiger partial charge in [-0.2, -0.15) is 0 Å². The number of urea groups is 1. The van der Waals surface area contributed by atoms with Gasteiger partial charge in [0.05, 0.1) is 29.8 Å². The largest absolute Gasteiger partial charge is 0.497 e. The summed E-state index contributed by atoms with van der Waals surface area (Å²) in [5, 5.41) is 0. The van der Waals surface area contributed by atoms with Gasteiger partial charge >= 0.3 is 13.1 Å². The van der Waals surface area contributed by atoms with Crippen molar-refractivity contribution in [3.8, 4) is 0 Å². The highest BCUT2D eigenvalue weighted by atomic mass is 19.1. The summed E-state index contributed by atoms with van der Waals surface area (Å²) in [6.07, 6.45) is 0.698. The molecule has 0 spiro atoms. The lowest BCUT2D eigenvalue weighted by Crippen LogP contribution is -2.41. The van der Waals surface area contributed by atoms with Crippen LogP contribution in [0.1, 0.15) is 67.4 Å². The topological polar surface area (TPSA) is 42.0 Å². The standard InChI is InChI=1S/C23H24BF3N2O3.2C2H6/c1-22(2)23(3,4)32-24(31-22)16-7-6-15(10-18(16)27)29-20-11-19(20)28(21(29)30)12-13-9-14(25)5-8-17(13)26;2*1-2/h5-10,19-20H,11-12H2,1-4H3;2*1-2H3. The van der Waals surface area contributed by atoms with E-state index >= 15 is 4.39 Å². The summed E-state index contributed by atoms with van der Waals surface area (Å²) in [5.41, 5.74) is -0.385. The van der Waals surface area contributed by atoms with E-state index in [9.17, 15) is 13.6 Å². The average molecular weight is 504 g/mol. The van der Waals surface area contributed by atoms with E-state index in [1.807, 2.05) is 55.4 Å². The molecule has 196 valence electrons. The average Bonchev–Trinajstić information content (AvgIpc) is 3.50. The number of nitrogens with zero attached hydrogens (tertiary/aromatic N) is 2. The Morgan fingerprint density at radius 1 is 0.889 bits per heavy atom. The normalized spacial score (nSPS) is 23.0. The quantitative estimate of drug-likeness (QED) is 0.477. The summed E-state index contributed by atoms with van der Waals surface area (Å²) in [4.78, 5) is 16.1. The van der Waals surface area contributed by atoms with Crippen molar-refractivity contribution in [2.75, 3.05) is 4.90 Å². The van der Waals surface area contributed by atoms with E-state index in [4.69, 9.17) is 9.31 Å². The van der Waals surface area contributed by atoms with Crippen molar-refractivity contribution in [3.05, 3.63) is 59.4 Å². The van der Waals surface area contributed by atoms with Crippen molar-refractivity contribution in [1.29, 1.82) is 0 Å². The molecule has 5 nitrogen and oxygen atoms in total. The first-order chi connectivity index (χ1) is 17.0. The van der Waals surface area contributed by atoms with Crippen LogP contribution in [0, 0.1) is 17.5 Å². The van der Waals surface area contributed by atoms with Crippen LogP contribution >= 0.6 is 0 Å². The molecule has 3 fully saturated rings. The number of carbonyl (C=O) groups is 1. The number of benzene rings is 2. The Bertz CT molecular complexity index is 1100. The van der Waals surface area contributed by atoms with Gasteiger partial charge < -0.3 is 14.2 Å². The highest BCUT2D eigenvalue weighted by Crippen LogP contribution is 2.44. The van der Waals surface area contributed by atoms with Crippen molar-refractivity contribution < 1.29 is 27.3 Å². The van der Waals surface area contributed by atoms with Crippen molar-refractivity contribution in [3.63, 3.8) is 0 Å². The summed E-state index contributed by atoms with van der Waals surface area (Å²) >= 11 is 0. The number of halogens is 3. The summed E-state index contributed by atoms with van der Waals surface area (Å²) in [5.74, 6) is -1.65. The van der Waals surface area contributed by atoms with E-state index in [0.29, 0.717) is 12.1 Å². The zero-order chi connectivity index (χ0) is 27.0. The molecule has 0 aromatic heterocycles. The van der Waals surface area contributed by atoms with Crippen molar-refractivity contribution in [1.82, 2.24) is 4.90 Å². The third-order valence-corrected chi connectivity index (χ3v) is 7.03. The number of rotatable bonds is 4. The van der Waals surface area contributed by atoms with Crippen molar-refractivity contribution in [2.24, 2.45) is 0 Å². The fraction of sp³-hybridized carbons (Fsp3) is 0.519. The Morgan fingerprint density at radius 3 is 2.08 bits per heavy atom. The molecule has 2 saturated heterocycles. The minimum Gasteiger partial charge on any atom is -0.399 e. The van der Waals surface area contributed by atoms with Gasteiger partial charge in [-0.1, -0.05) is 33.8 Å². The molecule has 2 aromatic rings. The molecule has 1 saturated carbocycles. The van der Waals surface area contributed by atoms with E-state index in [2.05, 4.69) is 0 Å². The first kappa shape index (κ1) is 28.1. The number of carbonyl (C=O) groups excluding carboxylic acids is 1. The highest BCUT2D eigenvalue weighted by Gasteiger charge is 2.58. The smallest absolute Gasteiger partial charge is 0.399 e. The summed E-state index contributed by atoms with van der Waals surface area (Å²) < 4.78 is 54.5. The number of hydrogen-bond donors (Lipinski definition) is 0. The minimum atomic E-state index is -0.843. The summed E-state index contributed by atoms with van der Waals surface area (Å²) in [7, 11) is -0.843. The van der Waals surface area contributed by atoms with Gasteiger partial charge in [-0.15, -0.1) is 0 Å². The molecule has 36 heavy (non-hydrogen) atoms. The second kappa shape index (κ2) is 10.5. The molecule has 2 atom stereocenters. The second-order valence-electron chi connectivity index (χ2n) is 9.68. The number of fused-ring (bicyclic) bond motifs is 1. The zero-order valence-electron chi connectivity index (χ0n) is 22.4. The van der Waals surface area contributed by atoms with Crippen LogP contribution in [-0.4, -0.2) is 41.3 Å². The van der Waals surface area contributed by atoms with Gasteiger partial charge in [0.1, 0.15) is 17.5 Å². The predicted octanol–water partition coefficient (Wildman–Crippen LogP) is 6.04. The fourth-order valence-electron chi connectivity index (χ4n) is 4.37. The van der Waals surface area contributed by atoms with Crippen LogP contribution in [0.25, 0.3) is 0 Å². The number of hydrogen-bond acceptors (Lipinski definition) is 3. The maximum atomic E-state index is 15.1. The lowest BCUT2D eigenvalue weighted by atomic mass is 9.78. The van der Waals surface area contributed by atoms with E-state index in [1.54, 1.807) is 12.1 Å². The van der Waals surface area contributed by atoms with Gasteiger partial charge in [-0.25, -0.2) is 18.0 Å². The monoisotopic (exact) mass is 504 g/mol. The lowest BCUT2D eigenvalue weighted by molar-refractivity contribution is 0.00578. The van der Waals surface area contributed by atoms with Gasteiger partial charge in [-0.3, -0.25) is 4.90 Å². The third kappa shape index (κ3) is 5.00. The highest BCUT2D eigenvalue weighted by molar-refractivity contribution is 6.62. The van der Waals surface area contributed by atoms with E-state index in [-0.39, 0.29) is 35.7 Å². The molecular formula is C27H36BF3N2O3.